The first-order valence-corrected chi connectivity index (χ1v) is 6.32. The molecule has 0 aliphatic heterocycles. The second-order valence-corrected chi connectivity index (χ2v) is 4.27. The molecule has 0 radical (unpaired) electrons. The van der Waals surface area contributed by atoms with Crippen molar-refractivity contribution in [1.82, 2.24) is 10.6 Å². The van der Waals surface area contributed by atoms with Crippen LogP contribution in [0, 0.1) is 0 Å². The van der Waals surface area contributed by atoms with Crippen LogP contribution < -0.4 is 10.6 Å². The van der Waals surface area contributed by atoms with Crippen LogP contribution in [0.2, 0.25) is 0 Å². The van der Waals surface area contributed by atoms with Gasteiger partial charge in [0.1, 0.15) is 0 Å². The highest BCUT2D eigenvalue weighted by Crippen LogP contribution is 2.10. The average Bonchev–Trinajstić information content (AvgIpc) is 2.29. The predicted molar refractivity (Wildman–Crippen MR) is 72.6 cm³/mol. The normalized spacial score (nSPS) is 9.69. The lowest BCUT2D eigenvalue weighted by molar-refractivity contribution is 0.839. The van der Waals surface area contributed by atoms with Crippen molar-refractivity contribution < 1.29 is 0 Å². The molecule has 2 N–H and O–H groups in total. The molecule has 0 spiro atoms. The second-order valence-electron chi connectivity index (χ2n) is 3.35. The van der Waals surface area contributed by atoms with Crippen molar-refractivity contribution in [1.29, 1.82) is 0 Å². The summed E-state index contributed by atoms with van der Waals surface area (Å²) in [4.78, 5) is 4.48. The lowest BCUT2D eigenvalue weighted by Crippen LogP contribution is -2.36. The Morgan fingerprint density at radius 1 is 1.12 bits per heavy atom. The van der Waals surface area contributed by atoms with Gasteiger partial charge in [-0.1, -0.05) is 28.1 Å². The van der Waals surface area contributed by atoms with Crippen LogP contribution in [0.1, 0.15) is 19.4 Å². The molecule has 0 heterocycles. The quantitative estimate of drug-likeness (QED) is 0.658. The Morgan fingerprint density at radius 2 is 1.69 bits per heavy atom. The lowest BCUT2D eigenvalue weighted by Gasteiger charge is -2.08. The molecule has 16 heavy (non-hydrogen) atoms. The summed E-state index contributed by atoms with van der Waals surface area (Å²) in [6, 6.07) is 8.21. The van der Waals surface area contributed by atoms with Crippen molar-refractivity contribution in [2.45, 2.75) is 20.4 Å². The topological polar surface area (TPSA) is 36.4 Å². The molecule has 4 heteroatoms. The van der Waals surface area contributed by atoms with Gasteiger partial charge in [0, 0.05) is 17.6 Å². The molecule has 0 bridgehead atoms. The van der Waals surface area contributed by atoms with E-state index in [1.807, 2.05) is 12.1 Å². The van der Waals surface area contributed by atoms with Crippen molar-refractivity contribution >= 4 is 21.9 Å². The van der Waals surface area contributed by atoms with E-state index in [1.165, 1.54) is 5.56 Å². The minimum atomic E-state index is 0.697. The summed E-state index contributed by atoms with van der Waals surface area (Å²) < 4.78 is 1.10. The van der Waals surface area contributed by atoms with Gasteiger partial charge in [-0.3, -0.25) is 0 Å². The molecule has 1 rings (SSSR count). The highest BCUT2D eigenvalue weighted by molar-refractivity contribution is 9.10. The second kappa shape index (κ2) is 7.28. The first-order valence-electron chi connectivity index (χ1n) is 5.53. The first kappa shape index (κ1) is 13.0. The number of hydrogen-bond acceptors (Lipinski definition) is 1. The van der Waals surface area contributed by atoms with Gasteiger partial charge in [-0.2, -0.15) is 0 Å². The summed E-state index contributed by atoms with van der Waals surface area (Å²) in [6.07, 6.45) is 0. The van der Waals surface area contributed by atoms with Crippen molar-refractivity contribution in [3.63, 3.8) is 0 Å². The fraction of sp³-hybridized carbons (Fsp3) is 0.417. The van der Waals surface area contributed by atoms with Crippen molar-refractivity contribution in [3.05, 3.63) is 34.3 Å². The molecular weight excluding hydrogens is 266 g/mol. The van der Waals surface area contributed by atoms with Gasteiger partial charge in [-0.25, -0.2) is 4.99 Å². The highest BCUT2D eigenvalue weighted by Gasteiger charge is 1.95. The maximum atomic E-state index is 4.48. The number of halogens is 1. The smallest absolute Gasteiger partial charge is 0.191 e. The molecule has 1 aromatic carbocycles. The third kappa shape index (κ3) is 4.66. The number of aliphatic imine (C=N–C) groups is 1. The molecule has 88 valence electrons. The lowest BCUT2D eigenvalue weighted by atomic mass is 10.2. The van der Waals surface area contributed by atoms with Crippen LogP contribution in [-0.2, 0) is 6.54 Å². The van der Waals surface area contributed by atoms with Gasteiger partial charge in [-0.05, 0) is 31.5 Å². The summed E-state index contributed by atoms with van der Waals surface area (Å²) >= 11 is 3.41. The highest BCUT2D eigenvalue weighted by atomic mass is 79.9. The molecule has 0 amide bonds. The van der Waals surface area contributed by atoms with Crippen molar-refractivity contribution in [2.24, 2.45) is 4.99 Å². The van der Waals surface area contributed by atoms with Crippen LogP contribution in [0.3, 0.4) is 0 Å². The Labute approximate surface area is 105 Å². The zero-order valence-corrected chi connectivity index (χ0v) is 11.3. The third-order valence-corrected chi connectivity index (χ3v) is 2.55. The number of benzene rings is 1. The fourth-order valence-electron chi connectivity index (χ4n) is 1.27. The molecule has 0 aliphatic rings. The van der Waals surface area contributed by atoms with Gasteiger partial charge >= 0.3 is 0 Å². The van der Waals surface area contributed by atoms with E-state index in [4.69, 9.17) is 0 Å². The Bertz CT molecular complexity index is 325. The van der Waals surface area contributed by atoms with Crippen LogP contribution in [-0.4, -0.2) is 19.0 Å². The average molecular weight is 284 g/mol. The van der Waals surface area contributed by atoms with Gasteiger partial charge in [0.15, 0.2) is 5.96 Å². The predicted octanol–water partition coefficient (Wildman–Crippen LogP) is 2.52. The maximum Gasteiger partial charge on any atom is 0.191 e. The fourth-order valence-corrected chi connectivity index (χ4v) is 1.53. The van der Waals surface area contributed by atoms with Gasteiger partial charge in [0.05, 0.1) is 6.54 Å². The van der Waals surface area contributed by atoms with Crippen LogP contribution in [0.15, 0.2) is 33.7 Å². The molecule has 0 aliphatic carbocycles. The number of nitrogens with zero attached hydrogens (tertiary/aromatic N) is 1. The minimum absolute atomic E-state index is 0.697. The Balaban J connectivity index is 2.57. The summed E-state index contributed by atoms with van der Waals surface area (Å²) in [5.74, 6) is 0.868. The van der Waals surface area contributed by atoms with Crippen LogP contribution in [0.25, 0.3) is 0 Å². The summed E-state index contributed by atoms with van der Waals surface area (Å²) in [5, 5.41) is 6.39. The number of guanidine groups is 1. The van der Waals surface area contributed by atoms with Crippen molar-refractivity contribution in [3.8, 4) is 0 Å². The van der Waals surface area contributed by atoms with Gasteiger partial charge < -0.3 is 10.6 Å². The molecule has 0 atom stereocenters. The van der Waals surface area contributed by atoms with E-state index in [0.29, 0.717) is 6.54 Å². The van der Waals surface area contributed by atoms with E-state index in [2.05, 4.69) is 57.5 Å². The maximum absolute atomic E-state index is 4.48. The largest absolute Gasteiger partial charge is 0.357 e. The van der Waals surface area contributed by atoms with E-state index in [-0.39, 0.29) is 0 Å². The molecule has 3 nitrogen and oxygen atoms in total. The van der Waals surface area contributed by atoms with E-state index >= 15 is 0 Å². The SMILES string of the molecule is CCNC(=NCc1ccc(Br)cc1)NCC. The third-order valence-electron chi connectivity index (χ3n) is 2.02. The summed E-state index contributed by atoms with van der Waals surface area (Å²) in [5.41, 5.74) is 1.21. The van der Waals surface area contributed by atoms with E-state index in [9.17, 15) is 0 Å². The van der Waals surface area contributed by atoms with Crippen LogP contribution in [0.5, 0.6) is 0 Å². The molecule has 0 saturated heterocycles. The Morgan fingerprint density at radius 3 is 2.19 bits per heavy atom. The van der Waals surface area contributed by atoms with Crippen LogP contribution in [0.4, 0.5) is 0 Å². The number of rotatable bonds is 4. The van der Waals surface area contributed by atoms with Gasteiger partial charge in [0.25, 0.3) is 0 Å². The van der Waals surface area contributed by atoms with Gasteiger partial charge in [-0.15, -0.1) is 0 Å². The number of nitrogens with one attached hydrogen (secondary N) is 2. The number of hydrogen-bond donors (Lipinski definition) is 2. The Kier molecular flexibility index (Phi) is 5.93. The van der Waals surface area contributed by atoms with E-state index in [1.54, 1.807) is 0 Å². The molecule has 0 saturated carbocycles. The monoisotopic (exact) mass is 283 g/mol. The van der Waals surface area contributed by atoms with E-state index < -0.39 is 0 Å². The molecule has 0 aromatic heterocycles. The Hall–Kier alpha value is -1.03. The summed E-state index contributed by atoms with van der Waals surface area (Å²) in [7, 11) is 0. The summed E-state index contributed by atoms with van der Waals surface area (Å²) in [6.45, 7) is 6.58. The zero-order valence-electron chi connectivity index (χ0n) is 9.76. The zero-order chi connectivity index (χ0) is 11.8. The molecule has 1 aromatic rings. The van der Waals surface area contributed by atoms with Crippen molar-refractivity contribution in [2.75, 3.05) is 13.1 Å². The standard InChI is InChI=1S/C12H18BrN3/c1-3-14-12(15-4-2)16-9-10-5-7-11(13)8-6-10/h5-8H,3-4,9H2,1-2H3,(H2,14,15,16). The molecule has 0 fully saturated rings. The molecule has 0 unspecified atom stereocenters. The molecular formula is C12H18BrN3. The first-order chi connectivity index (χ1) is 7.76. The van der Waals surface area contributed by atoms with E-state index in [0.717, 1.165) is 23.5 Å². The van der Waals surface area contributed by atoms with Gasteiger partial charge in [0.2, 0.25) is 0 Å². The van der Waals surface area contributed by atoms with Crippen LogP contribution >= 0.6 is 15.9 Å². The minimum Gasteiger partial charge on any atom is -0.357 e.